The Kier molecular flexibility index (Phi) is 2.39. The Balaban J connectivity index is 2.55. The fourth-order valence-electron chi connectivity index (χ4n) is 1.46. The van der Waals surface area contributed by atoms with E-state index in [1.165, 1.54) is 16.7 Å². The van der Waals surface area contributed by atoms with Crippen LogP contribution in [0.2, 0.25) is 0 Å². The summed E-state index contributed by atoms with van der Waals surface area (Å²) in [4.78, 5) is 0. The summed E-state index contributed by atoms with van der Waals surface area (Å²) in [6, 6.07) is 8.34. The molecule has 0 aliphatic heterocycles. The normalized spacial score (nSPS) is 9.71. The van der Waals surface area contributed by atoms with E-state index < -0.39 is 0 Å². The summed E-state index contributed by atoms with van der Waals surface area (Å²) in [6.07, 6.45) is 5.39. The Bertz CT molecular complexity index is 472. The zero-order valence-corrected chi connectivity index (χ0v) is 8.77. The van der Waals surface area contributed by atoms with Gasteiger partial charge in [-0.2, -0.15) is 11.3 Å². The van der Waals surface area contributed by atoms with Gasteiger partial charge in [-0.1, -0.05) is 12.0 Å². The smallest absolute Gasteiger partial charge is 0.0251 e. The summed E-state index contributed by atoms with van der Waals surface area (Å²) < 4.78 is 0. The average molecular weight is 198 g/mol. The second-order valence-electron chi connectivity index (χ2n) is 3.24. The molecule has 0 unspecified atom stereocenters. The van der Waals surface area contributed by atoms with Crippen molar-refractivity contribution in [1.29, 1.82) is 0 Å². The lowest BCUT2D eigenvalue weighted by Crippen LogP contribution is -1.81. The lowest BCUT2D eigenvalue weighted by molar-refractivity contribution is 1.45. The SMILES string of the molecule is C#Cc1cc(C)cc(-c2ccsc2)c1. The molecule has 2 aromatic rings. The average Bonchev–Trinajstić information content (AvgIpc) is 2.69. The van der Waals surface area contributed by atoms with Gasteiger partial charge in [-0.05, 0) is 52.6 Å². The first kappa shape index (κ1) is 9.05. The molecule has 0 aliphatic carbocycles. The summed E-state index contributed by atoms with van der Waals surface area (Å²) in [5, 5.41) is 4.21. The molecule has 0 spiro atoms. The molecule has 2 rings (SSSR count). The molecule has 0 atom stereocenters. The van der Waals surface area contributed by atoms with Crippen LogP contribution in [0.5, 0.6) is 0 Å². The van der Waals surface area contributed by atoms with Gasteiger partial charge in [0, 0.05) is 5.56 Å². The van der Waals surface area contributed by atoms with Crippen molar-refractivity contribution in [3.63, 3.8) is 0 Å². The molecule has 0 aliphatic rings. The molecule has 1 aromatic heterocycles. The van der Waals surface area contributed by atoms with Crippen LogP contribution in [-0.2, 0) is 0 Å². The van der Waals surface area contributed by atoms with Gasteiger partial charge >= 0.3 is 0 Å². The maximum Gasteiger partial charge on any atom is 0.0251 e. The zero-order valence-electron chi connectivity index (χ0n) is 7.95. The van der Waals surface area contributed by atoms with Gasteiger partial charge in [0.1, 0.15) is 0 Å². The number of rotatable bonds is 1. The lowest BCUT2D eigenvalue weighted by atomic mass is 10.0. The largest absolute Gasteiger partial charge is 0.152 e. The van der Waals surface area contributed by atoms with Gasteiger partial charge in [0.25, 0.3) is 0 Å². The summed E-state index contributed by atoms with van der Waals surface area (Å²) in [5.74, 6) is 2.67. The number of hydrogen-bond donors (Lipinski definition) is 0. The van der Waals surface area contributed by atoms with Crippen LogP contribution < -0.4 is 0 Å². The van der Waals surface area contributed by atoms with E-state index in [-0.39, 0.29) is 0 Å². The maximum atomic E-state index is 5.39. The van der Waals surface area contributed by atoms with Crippen LogP contribution in [0.1, 0.15) is 11.1 Å². The molecule has 14 heavy (non-hydrogen) atoms. The molecule has 0 nitrogen and oxygen atoms in total. The molecule has 1 aromatic carbocycles. The highest BCUT2D eigenvalue weighted by molar-refractivity contribution is 7.08. The first-order valence-corrected chi connectivity index (χ1v) is 5.35. The van der Waals surface area contributed by atoms with Crippen LogP contribution in [0.15, 0.2) is 35.0 Å². The molecular formula is C13H10S. The van der Waals surface area contributed by atoms with Crippen molar-refractivity contribution >= 4 is 11.3 Å². The Morgan fingerprint density at radius 2 is 2.07 bits per heavy atom. The van der Waals surface area contributed by atoms with E-state index in [0.29, 0.717) is 0 Å². The minimum absolute atomic E-state index is 0.950. The van der Waals surface area contributed by atoms with Gasteiger partial charge in [-0.3, -0.25) is 0 Å². The van der Waals surface area contributed by atoms with Crippen LogP contribution in [0.4, 0.5) is 0 Å². The van der Waals surface area contributed by atoms with Gasteiger partial charge in [0.2, 0.25) is 0 Å². The van der Waals surface area contributed by atoms with Crippen LogP contribution in [0.3, 0.4) is 0 Å². The van der Waals surface area contributed by atoms with E-state index in [4.69, 9.17) is 6.42 Å². The molecule has 0 saturated carbocycles. The van der Waals surface area contributed by atoms with Gasteiger partial charge in [0.15, 0.2) is 0 Å². The molecule has 0 amide bonds. The van der Waals surface area contributed by atoms with Crippen molar-refractivity contribution in [2.45, 2.75) is 6.92 Å². The maximum absolute atomic E-state index is 5.39. The molecule has 0 fully saturated rings. The van der Waals surface area contributed by atoms with E-state index in [1.54, 1.807) is 11.3 Å². The third-order valence-corrected chi connectivity index (χ3v) is 2.78. The third kappa shape index (κ3) is 1.71. The number of benzene rings is 1. The van der Waals surface area contributed by atoms with E-state index in [9.17, 15) is 0 Å². The van der Waals surface area contributed by atoms with Crippen LogP contribution in [-0.4, -0.2) is 0 Å². The molecule has 0 bridgehead atoms. The van der Waals surface area contributed by atoms with Crippen molar-refractivity contribution < 1.29 is 0 Å². The highest BCUT2D eigenvalue weighted by Gasteiger charge is 2.00. The van der Waals surface area contributed by atoms with E-state index in [2.05, 4.69) is 41.8 Å². The Morgan fingerprint density at radius 3 is 2.71 bits per heavy atom. The predicted molar refractivity (Wildman–Crippen MR) is 62.4 cm³/mol. The summed E-state index contributed by atoms with van der Waals surface area (Å²) in [5.41, 5.74) is 4.61. The molecule has 68 valence electrons. The van der Waals surface area contributed by atoms with Crippen LogP contribution in [0.25, 0.3) is 11.1 Å². The van der Waals surface area contributed by atoms with Crippen molar-refractivity contribution in [2.24, 2.45) is 0 Å². The first-order chi connectivity index (χ1) is 6.79. The van der Waals surface area contributed by atoms with Crippen molar-refractivity contribution in [1.82, 2.24) is 0 Å². The molecule has 1 heterocycles. The molecule has 0 radical (unpaired) electrons. The summed E-state index contributed by atoms with van der Waals surface area (Å²) >= 11 is 1.70. The number of thiophene rings is 1. The minimum atomic E-state index is 0.950. The van der Waals surface area contributed by atoms with Gasteiger partial charge < -0.3 is 0 Å². The standard InChI is InChI=1S/C13H10S/c1-3-11-6-10(2)7-13(8-11)12-4-5-14-9-12/h1,4-9H,2H3. The van der Waals surface area contributed by atoms with Crippen molar-refractivity contribution in [3.05, 3.63) is 46.2 Å². The fraction of sp³-hybridized carbons (Fsp3) is 0.0769. The minimum Gasteiger partial charge on any atom is -0.152 e. The summed E-state index contributed by atoms with van der Waals surface area (Å²) in [7, 11) is 0. The Morgan fingerprint density at radius 1 is 1.21 bits per heavy atom. The second kappa shape index (κ2) is 3.69. The number of terminal acetylenes is 1. The highest BCUT2D eigenvalue weighted by atomic mass is 32.1. The second-order valence-corrected chi connectivity index (χ2v) is 4.02. The van der Waals surface area contributed by atoms with Gasteiger partial charge in [0.05, 0.1) is 0 Å². The number of aryl methyl sites for hydroxylation is 1. The first-order valence-electron chi connectivity index (χ1n) is 4.40. The van der Waals surface area contributed by atoms with E-state index >= 15 is 0 Å². The third-order valence-electron chi connectivity index (χ3n) is 2.10. The van der Waals surface area contributed by atoms with Crippen LogP contribution in [0, 0.1) is 19.3 Å². The monoisotopic (exact) mass is 198 g/mol. The Hall–Kier alpha value is -1.52. The fourth-order valence-corrected chi connectivity index (χ4v) is 2.13. The van der Waals surface area contributed by atoms with Gasteiger partial charge in [-0.15, -0.1) is 6.42 Å². The highest BCUT2D eigenvalue weighted by Crippen LogP contribution is 2.24. The Labute approximate surface area is 88.2 Å². The van der Waals surface area contributed by atoms with Crippen molar-refractivity contribution in [3.8, 4) is 23.5 Å². The molecule has 1 heteroatoms. The van der Waals surface area contributed by atoms with E-state index in [0.717, 1.165) is 5.56 Å². The lowest BCUT2D eigenvalue weighted by Gasteiger charge is -2.01. The number of hydrogen-bond acceptors (Lipinski definition) is 1. The predicted octanol–water partition coefficient (Wildman–Crippen LogP) is 3.70. The van der Waals surface area contributed by atoms with Crippen LogP contribution >= 0.6 is 11.3 Å². The van der Waals surface area contributed by atoms with Gasteiger partial charge in [-0.25, -0.2) is 0 Å². The summed E-state index contributed by atoms with van der Waals surface area (Å²) in [6.45, 7) is 2.07. The van der Waals surface area contributed by atoms with E-state index in [1.807, 2.05) is 6.07 Å². The molecule has 0 N–H and O–H groups in total. The molecule has 0 saturated heterocycles. The topological polar surface area (TPSA) is 0 Å². The van der Waals surface area contributed by atoms with Crippen molar-refractivity contribution in [2.75, 3.05) is 0 Å². The quantitative estimate of drug-likeness (QED) is 0.613. The molecular weight excluding hydrogens is 188 g/mol. The zero-order chi connectivity index (χ0) is 9.97.